The molecule has 0 amide bonds. The first kappa shape index (κ1) is 83.1. The molecular weight excluding hydrogens is 1600 g/mol. The summed E-state index contributed by atoms with van der Waals surface area (Å²) in [7, 11) is 1.91. The Balaban J connectivity index is 0.000000571. The topological polar surface area (TPSA) is 129 Å². The third-order valence-electron chi connectivity index (χ3n) is 12.1. The van der Waals surface area contributed by atoms with Crippen molar-refractivity contribution in [3.05, 3.63) is 154 Å². The van der Waals surface area contributed by atoms with Gasteiger partial charge in [0.25, 0.3) is 16.8 Å². The molecule has 0 saturated heterocycles. The second kappa shape index (κ2) is 30.4. The number of aryl methyl sites for hydroxylation is 5. The Bertz CT molecular complexity index is 2920. The molecule has 5 aromatic rings. The van der Waals surface area contributed by atoms with Crippen LogP contribution >= 0.6 is 45.2 Å². The number of benzene rings is 5. The fraction of sp³-hybridized carbons (Fsp3) is 0.444. The van der Waals surface area contributed by atoms with Crippen LogP contribution in [0.15, 0.2) is 97.1 Å². The van der Waals surface area contributed by atoms with Crippen LogP contribution in [0.2, 0.25) is 14.8 Å². The molecule has 35 heteroatoms. The van der Waals surface area contributed by atoms with Gasteiger partial charge in [-0.3, -0.25) is 0 Å². The fourth-order valence-corrected chi connectivity index (χ4v) is 13.7. The normalized spacial score (nSPS) is 13.4. The van der Waals surface area contributed by atoms with Crippen molar-refractivity contribution in [3.63, 3.8) is 0 Å². The summed E-state index contributed by atoms with van der Waals surface area (Å²) in [5.74, 6) is 0. The number of hydrogen-bond donors (Lipinski definition) is 4. The average molecular weight is 1660 g/mol. The molecule has 0 fully saturated rings. The zero-order chi connectivity index (χ0) is 70.1. The summed E-state index contributed by atoms with van der Waals surface area (Å²) in [6, 6.07) is 20.8. The Labute approximate surface area is 524 Å². The fourth-order valence-electron chi connectivity index (χ4n) is 7.62. The standard InChI is InChI=1S/C12H11F6IO2.C12H11F6O2.C10H7F6IO.C10H9F6NO.C7H9N.3CH3.Sn/c1-7-3-4-9(19)8(5-7)10(11(13,14)15,12(16,17)18)21-6-20-2;1-8-4-3-5-9(6-8)10(11(13,14)15,12(16,17)18)20-7-19-2;2*1-5-2-3-7(17)6(4-5)8(18,9(11,12)13)10(14,15)16;1-6-2-4-7(8)5-3-6;;;;/h3-5H,6H2,1-2H3;3-4,6H,7H2,1-2H3;2-4,18H,1H3;2-4,18H,17H2,1H3;2-5H,8H2,1H3;3*1H3;. The van der Waals surface area contributed by atoms with Crippen LogP contribution < -0.4 is 15.0 Å². The number of ether oxygens (including phenoxy) is 4. The number of nitrogens with two attached hydrogens (primary N) is 2. The number of aliphatic hydroxyl groups is 2. The number of rotatable bonds is 11. The van der Waals surface area contributed by atoms with E-state index in [0.717, 1.165) is 44.2 Å². The van der Waals surface area contributed by atoms with Crippen LogP contribution in [-0.2, 0) is 41.4 Å². The molecule has 0 radical (unpaired) electrons. The van der Waals surface area contributed by atoms with Crippen LogP contribution in [0.1, 0.15) is 50.1 Å². The first-order valence-corrected chi connectivity index (χ1v) is 36.5. The first-order chi connectivity index (χ1) is 39.8. The summed E-state index contributed by atoms with van der Waals surface area (Å²) in [5, 5.41) is 18.3. The molecule has 89 heavy (non-hydrogen) atoms. The van der Waals surface area contributed by atoms with Crippen molar-refractivity contribution in [1.29, 1.82) is 0 Å². The monoisotopic (exact) mass is 1660 g/mol. The Morgan fingerprint density at radius 1 is 0.371 bits per heavy atom. The van der Waals surface area contributed by atoms with E-state index in [1.165, 1.54) is 115 Å². The molecule has 0 unspecified atom stereocenters. The van der Waals surface area contributed by atoms with E-state index in [1.54, 1.807) is 14.8 Å². The molecule has 0 spiro atoms. The molecule has 5 aromatic carbocycles. The molecule has 8 nitrogen and oxygen atoms in total. The molecular formula is C54H56F24I2N2O6Sn. The van der Waals surface area contributed by atoms with Crippen molar-refractivity contribution < 1.29 is 135 Å². The van der Waals surface area contributed by atoms with E-state index in [2.05, 4.69) is 18.9 Å². The minimum Gasteiger partial charge on any atom is -0.399 e. The van der Waals surface area contributed by atoms with Gasteiger partial charge in [0.1, 0.15) is 6.79 Å². The molecule has 0 bridgehead atoms. The molecule has 504 valence electrons. The molecule has 6 N–H and O–H groups in total. The minimum atomic E-state index is -5.92. The predicted octanol–water partition coefficient (Wildman–Crippen LogP) is 17.4. The summed E-state index contributed by atoms with van der Waals surface area (Å²) in [4.78, 5) is 5.24. The Kier molecular flexibility index (Phi) is 28.4. The number of methoxy groups -OCH3 is 2. The predicted molar refractivity (Wildman–Crippen MR) is 299 cm³/mol. The Hall–Kier alpha value is -3.96. The summed E-state index contributed by atoms with van der Waals surface area (Å²) in [5.41, 5.74) is -10.5. The van der Waals surface area contributed by atoms with Gasteiger partial charge in [0, 0.05) is 42.3 Å². The summed E-state index contributed by atoms with van der Waals surface area (Å²) >= 11 is -0.597. The molecule has 5 rings (SSSR count). The van der Waals surface area contributed by atoms with Crippen molar-refractivity contribution in [2.45, 2.75) is 121 Å². The van der Waals surface area contributed by atoms with Crippen molar-refractivity contribution in [3.8, 4) is 0 Å². The molecule has 0 atom stereocenters. The first-order valence-electron chi connectivity index (χ1n) is 24.3. The van der Waals surface area contributed by atoms with Crippen LogP contribution in [0, 0.1) is 41.8 Å². The molecule has 0 aliphatic heterocycles. The van der Waals surface area contributed by atoms with E-state index >= 15 is 0 Å². The van der Waals surface area contributed by atoms with Crippen LogP contribution in [-0.4, -0.2) is 106 Å². The largest absolute Gasteiger partial charge is 0.430 e. The third-order valence-corrected chi connectivity index (χ3v) is 19.8. The number of halogens is 26. The molecule has 0 heterocycles. The smallest absolute Gasteiger partial charge is 0.399 e. The summed E-state index contributed by atoms with van der Waals surface area (Å²) in [6.45, 7) is 5.23. The maximum absolute atomic E-state index is 13.7. The van der Waals surface area contributed by atoms with E-state index in [9.17, 15) is 110 Å². The zero-order valence-electron chi connectivity index (χ0n) is 47.7. The SMILES string of the molecule is COCOC(c1cc(C)cc[c]1[Sn]([CH3])([CH3])[CH3])(C(F)(F)F)C(F)(F)F.COCOC(c1cc(C)ccc1I)(C(F)(F)F)C(F)(F)F.Cc1ccc(I)c(C(O)(C(F)(F)F)C(F)(F)F)c1.Cc1ccc(N)c(C(O)(C(F)(F)F)C(F)(F)F)c1.Cc1ccc(N)cc1. The minimum absolute atomic E-state index is 0.112. The third kappa shape index (κ3) is 19.6. The maximum atomic E-state index is 13.7. The second-order valence-electron chi connectivity index (χ2n) is 20.1. The van der Waals surface area contributed by atoms with Gasteiger partial charge in [0.05, 0.1) is 0 Å². The summed E-state index contributed by atoms with van der Waals surface area (Å²) < 4.78 is 330. The number of alkyl halides is 24. The summed E-state index contributed by atoms with van der Waals surface area (Å²) in [6.07, 6.45) is -46.3. The van der Waals surface area contributed by atoms with E-state index in [4.69, 9.17) is 16.6 Å². The van der Waals surface area contributed by atoms with Gasteiger partial charge in [0.2, 0.25) is 0 Å². The van der Waals surface area contributed by atoms with Crippen LogP contribution in [0.4, 0.5) is 117 Å². The molecule has 0 aromatic heterocycles. The van der Waals surface area contributed by atoms with Gasteiger partial charge in [-0.15, -0.1) is 0 Å². The van der Waals surface area contributed by atoms with E-state index in [0.29, 0.717) is 17.7 Å². The van der Waals surface area contributed by atoms with Crippen molar-refractivity contribution >= 4 is 78.5 Å². The van der Waals surface area contributed by atoms with Crippen LogP contribution in [0.3, 0.4) is 0 Å². The number of hydrogen-bond acceptors (Lipinski definition) is 8. The average Bonchev–Trinajstić information content (AvgIpc) is 0.823. The van der Waals surface area contributed by atoms with Gasteiger partial charge < -0.3 is 31.2 Å². The van der Waals surface area contributed by atoms with Crippen molar-refractivity contribution in [2.24, 2.45) is 0 Å². The van der Waals surface area contributed by atoms with Crippen molar-refractivity contribution in [2.75, 3.05) is 39.3 Å². The van der Waals surface area contributed by atoms with E-state index < -0.39 is 132 Å². The number of anilines is 2. The molecule has 0 saturated carbocycles. The Morgan fingerprint density at radius 2 is 0.640 bits per heavy atom. The van der Waals surface area contributed by atoms with Gasteiger partial charge in [-0.25, -0.2) is 0 Å². The van der Waals surface area contributed by atoms with Crippen LogP contribution in [0.25, 0.3) is 0 Å². The Morgan fingerprint density at radius 3 is 0.955 bits per heavy atom. The van der Waals surface area contributed by atoms with Gasteiger partial charge in [-0.05, 0) is 103 Å². The van der Waals surface area contributed by atoms with E-state index in [-0.39, 0.29) is 27.4 Å². The second-order valence-corrected chi connectivity index (χ2v) is 36.8. The van der Waals surface area contributed by atoms with Crippen LogP contribution in [0.5, 0.6) is 0 Å². The van der Waals surface area contributed by atoms with Gasteiger partial charge in [-0.1, -0.05) is 70.8 Å². The number of nitrogen functional groups attached to an aromatic ring is 2. The van der Waals surface area contributed by atoms with Crippen molar-refractivity contribution in [1.82, 2.24) is 0 Å². The quantitative estimate of drug-likeness (QED) is 0.0338. The molecule has 0 aliphatic carbocycles. The van der Waals surface area contributed by atoms with Gasteiger partial charge >= 0.3 is 178 Å². The maximum Gasteiger partial charge on any atom is 0.430 e. The molecule has 0 aliphatic rings. The van der Waals surface area contributed by atoms with E-state index in [1.807, 2.05) is 31.2 Å². The zero-order valence-corrected chi connectivity index (χ0v) is 54.8. The van der Waals surface area contributed by atoms with Gasteiger partial charge in [0.15, 0.2) is 0 Å². The van der Waals surface area contributed by atoms with Gasteiger partial charge in [-0.2, -0.15) is 79.0 Å².